The first kappa shape index (κ1) is 16.1. The van der Waals surface area contributed by atoms with Crippen molar-refractivity contribution in [3.05, 3.63) is 41.5 Å². The minimum Gasteiger partial charge on any atom is -0.491 e. The molecule has 0 radical (unpaired) electrons. The largest absolute Gasteiger partial charge is 0.491 e. The number of thioether (sulfide) groups is 1. The van der Waals surface area contributed by atoms with E-state index < -0.39 is 5.82 Å². The van der Waals surface area contributed by atoms with Crippen LogP contribution in [-0.4, -0.2) is 21.9 Å². The van der Waals surface area contributed by atoms with Crippen LogP contribution in [-0.2, 0) is 0 Å². The van der Waals surface area contributed by atoms with Crippen molar-refractivity contribution in [3.63, 3.8) is 0 Å². The summed E-state index contributed by atoms with van der Waals surface area (Å²) in [5.41, 5.74) is 0.616. The lowest BCUT2D eigenvalue weighted by Gasteiger charge is -2.08. The summed E-state index contributed by atoms with van der Waals surface area (Å²) in [6.45, 7) is 2.21. The number of ether oxygens (including phenoxy) is 1. The van der Waals surface area contributed by atoms with Crippen molar-refractivity contribution in [2.45, 2.75) is 13.3 Å². The Balaban J connectivity index is 1.97. The van der Waals surface area contributed by atoms with Crippen molar-refractivity contribution < 1.29 is 13.5 Å². The minimum atomic E-state index is -0.404. The van der Waals surface area contributed by atoms with E-state index >= 15 is 4.39 Å². The van der Waals surface area contributed by atoms with Crippen LogP contribution in [0, 0.1) is 11.6 Å². The van der Waals surface area contributed by atoms with Crippen molar-refractivity contribution in [1.82, 2.24) is 0 Å². The molecule has 6 heteroatoms. The molecular formula is C18H14F2OS3. The van der Waals surface area contributed by atoms with Gasteiger partial charge in [0.15, 0.2) is 11.6 Å². The molecule has 24 heavy (non-hydrogen) atoms. The van der Waals surface area contributed by atoms with E-state index in [1.807, 2.05) is 25.1 Å². The minimum absolute atomic E-state index is 0.222. The predicted octanol–water partition coefficient (Wildman–Crippen LogP) is 5.88. The number of hydrogen-bond donors (Lipinski definition) is 0. The molecule has 0 amide bonds. The first-order chi connectivity index (χ1) is 11.7. The quantitative estimate of drug-likeness (QED) is 0.525. The van der Waals surface area contributed by atoms with Crippen molar-refractivity contribution in [2.24, 2.45) is 0 Å². The van der Waals surface area contributed by atoms with Gasteiger partial charge >= 0.3 is 0 Å². The summed E-state index contributed by atoms with van der Waals surface area (Å²) in [7, 11) is 1.58. The third kappa shape index (κ3) is 2.57. The van der Waals surface area contributed by atoms with E-state index in [9.17, 15) is 4.39 Å². The van der Waals surface area contributed by atoms with Crippen molar-refractivity contribution in [1.29, 1.82) is 0 Å². The molecule has 2 aromatic carbocycles. The van der Waals surface area contributed by atoms with Crippen LogP contribution < -0.4 is 4.74 Å². The van der Waals surface area contributed by atoms with E-state index in [1.165, 1.54) is 0 Å². The molecule has 0 saturated heterocycles. The van der Waals surface area contributed by atoms with Gasteiger partial charge in [0.2, 0.25) is 0 Å². The summed E-state index contributed by atoms with van der Waals surface area (Å²) in [5.74, 6) is 0.535. The standard InChI is InChI=1S/C18H14F2OS3/c1-2-21-13-7-6-11-10-4-5-12(18-22-8-3-9-23-18)14(19)16(10)24-17(11)15(13)20/h4-8H,2-3,9H2,1H3. The molecule has 0 bridgehead atoms. The Kier molecular flexibility index (Phi) is 4.37. The van der Waals surface area contributed by atoms with Crippen LogP contribution in [0.1, 0.15) is 18.9 Å². The fourth-order valence-electron chi connectivity index (χ4n) is 2.75. The summed E-state index contributed by atoms with van der Waals surface area (Å²) < 4.78 is 36.9. The van der Waals surface area contributed by atoms with Crippen LogP contribution >= 0.6 is 34.0 Å². The van der Waals surface area contributed by atoms with Gasteiger partial charge in [-0.25, -0.2) is 8.78 Å². The average molecular weight is 381 g/mol. The highest BCUT2D eigenvalue weighted by Crippen LogP contribution is 2.41. The highest BCUT2D eigenvalue weighted by Gasteiger charge is 2.19. The molecule has 1 aliphatic heterocycles. The van der Waals surface area contributed by atoms with Gasteiger partial charge in [0.05, 0.1) is 20.2 Å². The Bertz CT molecular complexity index is 1020. The highest BCUT2D eigenvalue weighted by molar-refractivity contribution is 8.27. The van der Waals surface area contributed by atoms with Gasteiger partial charge in [-0.3, -0.25) is 0 Å². The summed E-state index contributed by atoms with van der Waals surface area (Å²) in [6.07, 6.45) is 1.02. The second-order valence-corrected chi connectivity index (χ2v) is 8.66. The first-order valence-electron chi connectivity index (χ1n) is 7.65. The van der Waals surface area contributed by atoms with Gasteiger partial charge in [-0.15, -0.1) is 34.0 Å². The maximum absolute atomic E-state index is 15.1. The summed E-state index contributed by atoms with van der Waals surface area (Å²) in [5, 5.41) is 3.60. The Labute approximate surface area is 150 Å². The van der Waals surface area contributed by atoms with Gasteiger partial charge in [-0.2, -0.15) is 0 Å². The molecule has 0 spiro atoms. The number of halogens is 2. The smallest absolute Gasteiger partial charge is 0.182 e. The zero-order valence-electron chi connectivity index (χ0n) is 12.9. The van der Waals surface area contributed by atoms with Crippen LogP contribution in [0.25, 0.3) is 20.2 Å². The monoisotopic (exact) mass is 380 g/mol. The molecule has 124 valence electrons. The number of hydrogen-bond acceptors (Lipinski definition) is 3. The van der Waals surface area contributed by atoms with Crippen LogP contribution in [0.4, 0.5) is 8.78 Å². The summed E-state index contributed by atoms with van der Waals surface area (Å²) >= 11 is 2.84. The van der Waals surface area contributed by atoms with Crippen molar-refractivity contribution in [3.8, 4) is 5.75 Å². The normalized spacial score (nSPS) is 14.7. The lowest BCUT2D eigenvalue weighted by atomic mass is 10.1. The third-order valence-corrected chi connectivity index (χ3v) is 7.44. The second-order valence-electron chi connectivity index (χ2n) is 5.30. The SMILES string of the molecule is CCOc1ccc2c(sc3c(F)c(C4=S=CCCS4)ccc32)c1F. The van der Waals surface area contributed by atoms with Crippen LogP contribution in [0.15, 0.2) is 24.3 Å². The molecule has 1 aromatic heterocycles. The molecule has 0 fully saturated rings. The van der Waals surface area contributed by atoms with Gasteiger partial charge in [0.25, 0.3) is 0 Å². The number of thiophene rings is 1. The van der Waals surface area contributed by atoms with Gasteiger partial charge < -0.3 is 4.74 Å². The lowest BCUT2D eigenvalue weighted by molar-refractivity contribution is 0.323. The molecule has 0 atom stereocenters. The molecule has 2 heterocycles. The van der Waals surface area contributed by atoms with E-state index in [4.69, 9.17) is 4.74 Å². The number of fused-ring (bicyclic) bond motifs is 3. The molecule has 0 unspecified atom stereocenters. The van der Waals surface area contributed by atoms with Gasteiger partial charge in [-0.1, -0.05) is 6.07 Å². The fourth-order valence-corrected chi connectivity index (χ4v) is 6.21. The third-order valence-electron chi connectivity index (χ3n) is 3.83. The maximum Gasteiger partial charge on any atom is 0.182 e. The Morgan fingerprint density at radius 2 is 1.79 bits per heavy atom. The Hall–Kier alpha value is -1.37. The molecule has 1 aliphatic rings. The zero-order valence-corrected chi connectivity index (χ0v) is 15.3. The van der Waals surface area contributed by atoms with E-state index in [0.29, 0.717) is 21.6 Å². The maximum atomic E-state index is 15.1. The highest BCUT2D eigenvalue weighted by atomic mass is 32.2. The van der Waals surface area contributed by atoms with E-state index in [1.54, 1.807) is 28.8 Å². The predicted molar refractivity (Wildman–Crippen MR) is 105 cm³/mol. The van der Waals surface area contributed by atoms with Crippen LogP contribution in [0.5, 0.6) is 5.75 Å². The lowest BCUT2D eigenvalue weighted by Crippen LogP contribution is -2.01. The first-order valence-corrected chi connectivity index (χ1v) is 10.3. The van der Waals surface area contributed by atoms with Crippen LogP contribution in [0.2, 0.25) is 0 Å². The van der Waals surface area contributed by atoms with Gasteiger partial charge in [0, 0.05) is 22.1 Å². The Morgan fingerprint density at radius 1 is 1.04 bits per heavy atom. The summed E-state index contributed by atoms with van der Waals surface area (Å²) in [6, 6.07) is 7.14. The number of benzene rings is 2. The number of rotatable bonds is 3. The van der Waals surface area contributed by atoms with Crippen molar-refractivity contribution >= 4 is 63.8 Å². The van der Waals surface area contributed by atoms with E-state index in [0.717, 1.165) is 38.5 Å². The van der Waals surface area contributed by atoms with Crippen molar-refractivity contribution in [2.75, 3.05) is 12.4 Å². The molecule has 0 aliphatic carbocycles. The zero-order chi connectivity index (χ0) is 16.7. The summed E-state index contributed by atoms with van der Waals surface area (Å²) in [4.78, 5) is 0. The molecule has 0 N–H and O–H groups in total. The second kappa shape index (κ2) is 6.50. The fraction of sp³-hybridized carbons (Fsp3) is 0.222. The molecule has 0 saturated carbocycles. The molecule has 3 aromatic rings. The molecular weight excluding hydrogens is 366 g/mol. The molecule has 1 nitrogen and oxygen atoms in total. The van der Waals surface area contributed by atoms with Gasteiger partial charge in [-0.05, 0) is 36.9 Å². The van der Waals surface area contributed by atoms with E-state index in [2.05, 4.69) is 5.37 Å². The molecule has 4 rings (SSSR count). The topological polar surface area (TPSA) is 9.23 Å². The van der Waals surface area contributed by atoms with Crippen LogP contribution in [0.3, 0.4) is 0 Å². The Morgan fingerprint density at radius 3 is 2.50 bits per heavy atom. The van der Waals surface area contributed by atoms with E-state index in [-0.39, 0.29) is 11.6 Å². The average Bonchev–Trinajstić information content (AvgIpc) is 2.99. The van der Waals surface area contributed by atoms with Gasteiger partial charge in [0.1, 0.15) is 5.82 Å².